The molecule has 0 heterocycles. The average Bonchev–Trinajstić information content (AvgIpc) is 2.47. The molecule has 0 fully saturated rings. The minimum atomic E-state index is -3.70. The average molecular weight is 318 g/mol. The Bertz CT molecular complexity index is 563. The van der Waals surface area contributed by atoms with E-state index >= 15 is 0 Å². The van der Waals surface area contributed by atoms with Gasteiger partial charge in [0, 0.05) is 31.8 Å². The summed E-state index contributed by atoms with van der Waals surface area (Å²) in [6.45, 7) is 4.25. The third kappa shape index (κ3) is 4.23. The zero-order chi connectivity index (χ0) is 16.0. The van der Waals surface area contributed by atoms with Gasteiger partial charge >= 0.3 is 0 Å². The highest BCUT2D eigenvalue weighted by Gasteiger charge is 2.28. The Labute approximate surface area is 125 Å². The molecule has 120 valence electrons. The molecule has 21 heavy (non-hydrogen) atoms. The third-order valence-corrected chi connectivity index (χ3v) is 5.45. The van der Waals surface area contributed by atoms with Crippen molar-refractivity contribution in [3.63, 3.8) is 0 Å². The summed E-state index contributed by atoms with van der Waals surface area (Å²) in [6, 6.07) is 3.54. The van der Waals surface area contributed by atoms with Crippen LogP contribution in [0.1, 0.15) is 25.8 Å². The van der Waals surface area contributed by atoms with Gasteiger partial charge in [-0.25, -0.2) is 12.8 Å². The van der Waals surface area contributed by atoms with Gasteiger partial charge < -0.3 is 10.5 Å². The summed E-state index contributed by atoms with van der Waals surface area (Å²) in [5, 5.41) is 0. The van der Waals surface area contributed by atoms with Gasteiger partial charge in [0.05, 0.1) is 11.5 Å². The smallest absolute Gasteiger partial charge is 0.243 e. The van der Waals surface area contributed by atoms with E-state index in [-0.39, 0.29) is 29.6 Å². The van der Waals surface area contributed by atoms with Crippen LogP contribution in [0.25, 0.3) is 0 Å². The van der Waals surface area contributed by atoms with Crippen LogP contribution in [0, 0.1) is 5.82 Å². The van der Waals surface area contributed by atoms with Crippen molar-refractivity contribution in [2.75, 3.05) is 20.3 Å². The normalized spacial score (nSPS) is 13.6. The van der Waals surface area contributed by atoms with E-state index in [9.17, 15) is 12.8 Å². The minimum Gasteiger partial charge on any atom is -0.383 e. The van der Waals surface area contributed by atoms with E-state index in [0.29, 0.717) is 13.0 Å². The molecule has 1 aromatic carbocycles. The summed E-state index contributed by atoms with van der Waals surface area (Å²) in [5.74, 6) is -0.497. The van der Waals surface area contributed by atoms with Crippen LogP contribution in [-0.4, -0.2) is 39.0 Å². The van der Waals surface area contributed by atoms with Gasteiger partial charge in [-0.2, -0.15) is 4.31 Å². The Morgan fingerprint density at radius 2 is 2.10 bits per heavy atom. The molecule has 1 rings (SSSR count). The number of sulfonamides is 1. The van der Waals surface area contributed by atoms with Crippen LogP contribution >= 0.6 is 0 Å². The maximum Gasteiger partial charge on any atom is 0.243 e. The van der Waals surface area contributed by atoms with Crippen molar-refractivity contribution in [3.8, 4) is 0 Å². The molecule has 7 heteroatoms. The minimum absolute atomic E-state index is 0.0450. The standard InChI is InChI=1S/C14H23FN2O3S/c1-4-11(2)17(7-8-20-3)21(18,19)13-5-6-14(15)12(9-13)10-16/h5-6,9,11H,4,7-8,10,16H2,1-3H3. The van der Waals surface area contributed by atoms with Gasteiger partial charge in [-0.05, 0) is 31.5 Å². The highest BCUT2D eigenvalue weighted by Crippen LogP contribution is 2.21. The lowest BCUT2D eigenvalue weighted by molar-refractivity contribution is 0.167. The first kappa shape index (κ1) is 18.0. The van der Waals surface area contributed by atoms with Crippen molar-refractivity contribution in [1.82, 2.24) is 4.31 Å². The van der Waals surface area contributed by atoms with Gasteiger partial charge in [-0.3, -0.25) is 0 Å². The van der Waals surface area contributed by atoms with Crippen LogP contribution in [0.2, 0.25) is 0 Å². The molecule has 1 atom stereocenters. The number of ether oxygens (including phenoxy) is 1. The van der Waals surface area contributed by atoms with Crippen LogP contribution in [-0.2, 0) is 21.3 Å². The summed E-state index contributed by atoms with van der Waals surface area (Å²) < 4.78 is 45.3. The SMILES string of the molecule is CCC(C)N(CCOC)S(=O)(=O)c1ccc(F)c(CN)c1. The quantitative estimate of drug-likeness (QED) is 0.792. The Morgan fingerprint density at radius 3 is 2.62 bits per heavy atom. The molecule has 5 nitrogen and oxygen atoms in total. The largest absolute Gasteiger partial charge is 0.383 e. The molecule has 0 aliphatic heterocycles. The highest BCUT2D eigenvalue weighted by molar-refractivity contribution is 7.89. The molecule has 0 radical (unpaired) electrons. The molecule has 0 bridgehead atoms. The van der Waals surface area contributed by atoms with Gasteiger partial charge in [0.15, 0.2) is 0 Å². The maximum absolute atomic E-state index is 13.5. The van der Waals surface area contributed by atoms with Crippen molar-refractivity contribution in [2.45, 2.75) is 37.8 Å². The van der Waals surface area contributed by atoms with Gasteiger partial charge in [0.1, 0.15) is 5.82 Å². The van der Waals surface area contributed by atoms with Crippen molar-refractivity contribution in [1.29, 1.82) is 0 Å². The van der Waals surface area contributed by atoms with Gasteiger partial charge in [0.25, 0.3) is 0 Å². The summed E-state index contributed by atoms with van der Waals surface area (Å²) in [5.41, 5.74) is 5.62. The maximum atomic E-state index is 13.5. The number of rotatable bonds is 8. The molecule has 1 aromatic rings. The molecule has 0 saturated heterocycles. The van der Waals surface area contributed by atoms with E-state index in [1.165, 1.54) is 23.5 Å². The highest BCUT2D eigenvalue weighted by atomic mass is 32.2. The van der Waals surface area contributed by atoms with Crippen molar-refractivity contribution < 1.29 is 17.5 Å². The second-order valence-electron chi connectivity index (χ2n) is 4.82. The summed E-state index contributed by atoms with van der Waals surface area (Å²) >= 11 is 0. The van der Waals surface area contributed by atoms with Crippen molar-refractivity contribution in [2.24, 2.45) is 5.73 Å². The first-order chi connectivity index (χ1) is 9.88. The van der Waals surface area contributed by atoms with E-state index in [2.05, 4.69) is 0 Å². The summed E-state index contributed by atoms with van der Waals surface area (Å²) in [4.78, 5) is 0.0563. The van der Waals surface area contributed by atoms with E-state index in [1.807, 2.05) is 13.8 Å². The predicted molar refractivity (Wildman–Crippen MR) is 79.8 cm³/mol. The topological polar surface area (TPSA) is 72.6 Å². The molecular formula is C14H23FN2O3S. The predicted octanol–water partition coefficient (Wildman–Crippen LogP) is 1.72. The van der Waals surface area contributed by atoms with Crippen LogP contribution in [0.3, 0.4) is 0 Å². The number of methoxy groups -OCH3 is 1. The zero-order valence-electron chi connectivity index (χ0n) is 12.7. The molecular weight excluding hydrogens is 295 g/mol. The number of hydrogen-bond donors (Lipinski definition) is 1. The van der Waals surface area contributed by atoms with E-state index in [0.717, 1.165) is 6.07 Å². The summed E-state index contributed by atoms with van der Waals surface area (Å²) in [7, 11) is -2.18. The number of halogens is 1. The second-order valence-corrected chi connectivity index (χ2v) is 6.71. The lowest BCUT2D eigenvalue weighted by Gasteiger charge is -2.27. The van der Waals surface area contributed by atoms with Crippen molar-refractivity contribution in [3.05, 3.63) is 29.6 Å². The first-order valence-electron chi connectivity index (χ1n) is 6.87. The van der Waals surface area contributed by atoms with Gasteiger partial charge in [0.2, 0.25) is 10.0 Å². The van der Waals surface area contributed by atoms with E-state index < -0.39 is 15.8 Å². The molecule has 0 saturated carbocycles. The molecule has 1 unspecified atom stereocenters. The lowest BCUT2D eigenvalue weighted by Crippen LogP contribution is -2.40. The van der Waals surface area contributed by atoms with Crippen LogP contribution < -0.4 is 5.73 Å². The molecule has 0 aliphatic rings. The molecule has 2 N–H and O–H groups in total. The zero-order valence-corrected chi connectivity index (χ0v) is 13.5. The van der Waals surface area contributed by atoms with Crippen LogP contribution in [0.5, 0.6) is 0 Å². The molecule has 0 spiro atoms. The number of benzene rings is 1. The Kier molecular flexibility index (Phi) is 6.73. The second kappa shape index (κ2) is 7.84. The fraction of sp³-hybridized carbons (Fsp3) is 0.571. The Balaban J connectivity index is 3.21. The Hall–Kier alpha value is -1.02. The lowest BCUT2D eigenvalue weighted by atomic mass is 10.2. The number of hydrogen-bond acceptors (Lipinski definition) is 4. The van der Waals surface area contributed by atoms with Crippen molar-refractivity contribution >= 4 is 10.0 Å². The van der Waals surface area contributed by atoms with Crippen LogP contribution in [0.15, 0.2) is 23.1 Å². The number of nitrogens with zero attached hydrogens (tertiary/aromatic N) is 1. The van der Waals surface area contributed by atoms with E-state index in [1.54, 1.807) is 0 Å². The van der Waals surface area contributed by atoms with Crippen LogP contribution in [0.4, 0.5) is 4.39 Å². The first-order valence-corrected chi connectivity index (χ1v) is 8.31. The number of nitrogens with two attached hydrogens (primary N) is 1. The fourth-order valence-corrected chi connectivity index (χ4v) is 3.71. The van der Waals surface area contributed by atoms with E-state index in [4.69, 9.17) is 10.5 Å². The van der Waals surface area contributed by atoms with Gasteiger partial charge in [-0.15, -0.1) is 0 Å². The monoisotopic (exact) mass is 318 g/mol. The molecule has 0 aliphatic carbocycles. The fourth-order valence-electron chi connectivity index (χ4n) is 1.97. The molecule has 0 aromatic heterocycles. The van der Waals surface area contributed by atoms with Gasteiger partial charge in [-0.1, -0.05) is 6.92 Å². The molecule has 0 amide bonds. The summed E-state index contributed by atoms with van der Waals surface area (Å²) in [6.07, 6.45) is 0.674. The Morgan fingerprint density at radius 1 is 1.43 bits per heavy atom. The third-order valence-electron chi connectivity index (χ3n) is 3.44.